The summed E-state index contributed by atoms with van der Waals surface area (Å²) in [6.07, 6.45) is 1.68. The molecule has 33 heavy (non-hydrogen) atoms. The number of nitrogens with one attached hydrogen (secondary N) is 1. The quantitative estimate of drug-likeness (QED) is 0.526. The number of aromatic hydroxyl groups is 1. The number of carbonyl (C=O) groups excluding carboxylic acids is 1. The molecule has 8 nitrogen and oxygen atoms in total. The fourth-order valence-corrected chi connectivity index (χ4v) is 4.57. The Kier molecular flexibility index (Phi) is 5.76. The summed E-state index contributed by atoms with van der Waals surface area (Å²) in [6.45, 7) is 7.97. The van der Waals surface area contributed by atoms with E-state index in [-0.39, 0.29) is 11.7 Å². The Labute approximate surface area is 192 Å². The number of hydrogen-bond acceptors (Lipinski definition) is 6. The second-order valence-electron chi connectivity index (χ2n) is 7.94. The average molecular weight is 450 g/mol. The minimum atomic E-state index is -0.506. The fourth-order valence-electron chi connectivity index (χ4n) is 4.57. The van der Waals surface area contributed by atoms with Crippen molar-refractivity contribution in [1.82, 2.24) is 15.1 Å². The zero-order valence-corrected chi connectivity index (χ0v) is 19.4. The number of methoxy groups -OCH3 is 3. The van der Waals surface area contributed by atoms with E-state index in [9.17, 15) is 9.90 Å². The van der Waals surface area contributed by atoms with Crippen molar-refractivity contribution in [3.63, 3.8) is 0 Å². The first-order valence-corrected chi connectivity index (χ1v) is 10.5. The summed E-state index contributed by atoms with van der Waals surface area (Å²) in [7, 11) is 4.63. The fraction of sp³-hybridized carbons (Fsp3) is 0.280. The van der Waals surface area contributed by atoms with Crippen molar-refractivity contribution >= 4 is 5.91 Å². The molecule has 0 unspecified atom stereocenters. The number of aryl methyl sites for hydroxylation is 2. The molecule has 0 saturated heterocycles. The van der Waals surface area contributed by atoms with Gasteiger partial charge in [0.2, 0.25) is 5.75 Å². The van der Waals surface area contributed by atoms with Crippen molar-refractivity contribution in [3.05, 3.63) is 64.9 Å². The lowest BCUT2D eigenvalue weighted by Crippen LogP contribution is -2.29. The van der Waals surface area contributed by atoms with E-state index in [2.05, 4.69) is 16.8 Å². The number of H-pyrrole nitrogens is 1. The molecule has 2 N–H and O–H groups in total. The molecule has 172 valence electrons. The van der Waals surface area contributed by atoms with Crippen molar-refractivity contribution in [2.45, 2.75) is 19.9 Å². The van der Waals surface area contributed by atoms with Gasteiger partial charge in [-0.05, 0) is 48.7 Å². The number of amides is 1. The topological polar surface area (TPSA) is 96.9 Å². The van der Waals surface area contributed by atoms with Crippen LogP contribution in [0.25, 0.3) is 11.3 Å². The van der Waals surface area contributed by atoms with Crippen LogP contribution in [-0.4, -0.2) is 54.0 Å². The van der Waals surface area contributed by atoms with Crippen LogP contribution in [0.1, 0.15) is 38.8 Å². The number of benzene rings is 2. The van der Waals surface area contributed by atoms with Gasteiger partial charge in [-0.15, -0.1) is 6.58 Å². The lowest BCUT2D eigenvalue weighted by molar-refractivity contribution is 0.0764. The predicted molar refractivity (Wildman–Crippen MR) is 124 cm³/mol. The van der Waals surface area contributed by atoms with Gasteiger partial charge in [0.1, 0.15) is 17.1 Å². The summed E-state index contributed by atoms with van der Waals surface area (Å²) < 4.78 is 16.6. The Hall–Kier alpha value is -3.94. The first-order chi connectivity index (χ1) is 15.9. The average Bonchev–Trinajstić information content (AvgIpc) is 3.31. The van der Waals surface area contributed by atoms with Crippen molar-refractivity contribution in [2.24, 2.45) is 0 Å². The van der Waals surface area contributed by atoms with Crippen LogP contribution in [-0.2, 0) is 0 Å². The molecule has 3 aromatic rings. The Morgan fingerprint density at radius 2 is 1.79 bits per heavy atom. The summed E-state index contributed by atoms with van der Waals surface area (Å²) in [5.41, 5.74) is 4.72. The first kappa shape index (κ1) is 22.3. The van der Waals surface area contributed by atoms with E-state index < -0.39 is 6.04 Å². The number of phenolic OH excluding ortho intramolecular Hbond substituents is 1. The van der Waals surface area contributed by atoms with Gasteiger partial charge in [-0.1, -0.05) is 12.1 Å². The number of fused-ring (bicyclic) bond motifs is 1. The highest BCUT2D eigenvalue weighted by molar-refractivity contribution is 6.00. The van der Waals surface area contributed by atoms with Crippen LogP contribution in [0.3, 0.4) is 0 Å². The Balaban J connectivity index is 1.99. The largest absolute Gasteiger partial charge is 0.507 e. The van der Waals surface area contributed by atoms with Crippen LogP contribution >= 0.6 is 0 Å². The monoisotopic (exact) mass is 449 g/mol. The van der Waals surface area contributed by atoms with E-state index in [0.717, 1.165) is 16.7 Å². The van der Waals surface area contributed by atoms with Crippen LogP contribution in [0.5, 0.6) is 23.0 Å². The minimum Gasteiger partial charge on any atom is -0.507 e. The number of nitrogens with zero attached hydrogens (tertiary/aromatic N) is 2. The molecule has 0 fully saturated rings. The maximum atomic E-state index is 13.3. The van der Waals surface area contributed by atoms with Gasteiger partial charge in [-0.25, -0.2) is 0 Å². The zero-order valence-electron chi connectivity index (χ0n) is 19.4. The van der Waals surface area contributed by atoms with Crippen molar-refractivity contribution in [1.29, 1.82) is 0 Å². The second kappa shape index (κ2) is 8.54. The summed E-state index contributed by atoms with van der Waals surface area (Å²) >= 11 is 0. The standard InChI is InChI=1S/C25H27N3O5/c1-7-8-28-23(15-11-17(31-4)24(33-6)18(12-15)32-5)20-21(26-27-22(20)25(28)30)19-14(3)9-13(2)10-16(19)29/h7,9-12,23,29H,1,8H2,2-6H3,(H,26,27)/t23-/m0/s1. The highest BCUT2D eigenvalue weighted by atomic mass is 16.5. The van der Waals surface area contributed by atoms with Crippen LogP contribution in [0, 0.1) is 13.8 Å². The van der Waals surface area contributed by atoms with E-state index in [1.807, 2.05) is 32.0 Å². The Bertz CT molecular complexity index is 1200. The maximum absolute atomic E-state index is 13.3. The molecule has 1 aliphatic rings. The van der Waals surface area contributed by atoms with Crippen molar-refractivity contribution in [2.75, 3.05) is 27.9 Å². The van der Waals surface area contributed by atoms with Gasteiger partial charge in [0.15, 0.2) is 11.5 Å². The summed E-state index contributed by atoms with van der Waals surface area (Å²) in [5, 5.41) is 18.1. The molecule has 2 heterocycles. The third-order valence-corrected chi connectivity index (χ3v) is 5.89. The molecule has 0 spiro atoms. The molecule has 0 bridgehead atoms. The van der Waals surface area contributed by atoms with Crippen molar-refractivity contribution in [3.8, 4) is 34.3 Å². The molecule has 1 amide bonds. The number of aromatic nitrogens is 2. The Morgan fingerprint density at radius 3 is 2.33 bits per heavy atom. The molecule has 0 radical (unpaired) electrons. The van der Waals surface area contributed by atoms with Gasteiger partial charge in [0.25, 0.3) is 5.91 Å². The molecular weight excluding hydrogens is 422 g/mol. The maximum Gasteiger partial charge on any atom is 0.273 e. The third-order valence-electron chi connectivity index (χ3n) is 5.89. The lowest BCUT2D eigenvalue weighted by Gasteiger charge is -2.26. The SMILES string of the molecule is C=CCN1C(=O)c2[nH]nc(-c3c(C)cc(C)cc3O)c2[C@@H]1c1cc(OC)c(OC)c(OC)c1. The summed E-state index contributed by atoms with van der Waals surface area (Å²) in [6, 6.07) is 6.80. The van der Waals surface area contributed by atoms with Gasteiger partial charge >= 0.3 is 0 Å². The number of rotatable bonds is 7. The van der Waals surface area contributed by atoms with E-state index in [0.29, 0.717) is 46.3 Å². The van der Waals surface area contributed by atoms with Gasteiger partial charge < -0.3 is 24.2 Å². The number of hydrogen-bond donors (Lipinski definition) is 2. The lowest BCUT2D eigenvalue weighted by atomic mass is 9.92. The number of aromatic amines is 1. The van der Waals surface area contributed by atoms with Crippen LogP contribution in [0.4, 0.5) is 0 Å². The number of ether oxygens (including phenoxy) is 3. The van der Waals surface area contributed by atoms with E-state index >= 15 is 0 Å². The Morgan fingerprint density at radius 1 is 1.12 bits per heavy atom. The zero-order chi connectivity index (χ0) is 23.9. The first-order valence-electron chi connectivity index (χ1n) is 10.5. The van der Waals surface area contributed by atoms with Gasteiger partial charge in [-0.2, -0.15) is 5.10 Å². The molecule has 4 rings (SSSR count). The van der Waals surface area contributed by atoms with Crippen LogP contribution in [0.15, 0.2) is 36.9 Å². The molecule has 0 saturated carbocycles. The number of phenols is 1. The highest BCUT2D eigenvalue weighted by Crippen LogP contribution is 2.48. The van der Waals surface area contributed by atoms with Gasteiger partial charge in [0, 0.05) is 17.7 Å². The third kappa shape index (κ3) is 3.47. The summed E-state index contributed by atoms with van der Waals surface area (Å²) in [4.78, 5) is 15.0. The van der Waals surface area contributed by atoms with Gasteiger partial charge in [-0.3, -0.25) is 9.89 Å². The second-order valence-corrected chi connectivity index (χ2v) is 7.94. The normalized spacial score (nSPS) is 14.9. The van der Waals surface area contributed by atoms with Gasteiger partial charge in [0.05, 0.1) is 27.4 Å². The smallest absolute Gasteiger partial charge is 0.273 e. The van der Waals surface area contributed by atoms with E-state index in [4.69, 9.17) is 14.2 Å². The van der Waals surface area contributed by atoms with E-state index in [1.165, 1.54) is 0 Å². The molecule has 0 aliphatic carbocycles. The van der Waals surface area contributed by atoms with E-state index in [1.54, 1.807) is 38.4 Å². The van der Waals surface area contributed by atoms with Crippen molar-refractivity contribution < 1.29 is 24.1 Å². The molecule has 1 atom stereocenters. The van der Waals surface area contributed by atoms with Crippen LogP contribution in [0.2, 0.25) is 0 Å². The minimum absolute atomic E-state index is 0.111. The molecule has 1 aliphatic heterocycles. The molecular formula is C25H27N3O5. The number of carbonyl (C=O) groups is 1. The van der Waals surface area contributed by atoms with Crippen LogP contribution < -0.4 is 14.2 Å². The molecule has 2 aromatic carbocycles. The molecule has 8 heteroatoms. The summed E-state index contributed by atoms with van der Waals surface area (Å²) in [5.74, 6) is 1.33. The highest BCUT2D eigenvalue weighted by Gasteiger charge is 2.43. The predicted octanol–water partition coefficient (Wildman–Crippen LogP) is 4.16. The molecule has 1 aromatic heterocycles.